The molecule has 0 bridgehead atoms. The van der Waals surface area contributed by atoms with Gasteiger partial charge in [-0.15, -0.1) is 0 Å². The molecule has 0 amide bonds. The zero-order chi connectivity index (χ0) is 15.6. The highest BCUT2D eigenvalue weighted by Gasteiger charge is 2.17. The summed E-state index contributed by atoms with van der Waals surface area (Å²) in [6.07, 6.45) is 0. The first kappa shape index (κ1) is 16.9. The first-order valence-electron chi connectivity index (χ1n) is 6.56. The fourth-order valence-corrected chi connectivity index (χ4v) is 3.06. The van der Waals surface area contributed by atoms with E-state index >= 15 is 0 Å². The summed E-state index contributed by atoms with van der Waals surface area (Å²) in [4.78, 5) is 0. The van der Waals surface area contributed by atoms with Crippen LogP contribution >= 0.6 is 46.4 Å². The predicted molar refractivity (Wildman–Crippen MR) is 93.9 cm³/mol. The van der Waals surface area contributed by atoms with Gasteiger partial charge in [-0.05, 0) is 17.2 Å². The topological polar surface area (TPSA) is 12.0 Å². The van der Waals surface area contributed by atoms with E-state index in [9.17, 15) is 0 Å². The molecular weight excluding hydrogens is 348 g/mol. The maximum atomic E-state index is 6.34. The molecular formula is C16H15Cl4N. The Bertz CT molecular complexity index is 627. The van der Waals surface area contributed by atoms with Crippen molar-refractivity contribution in [3.05, 3.63) is 56.0 Å². The number of halogens is 4. The molecule has 2 aromatic rings. The van der Waals surface area contributed by atoms with Crippen LogP contribution in [0.25, 0.3) is 11.1 Å². The van der Waals surface area contributed by atoms with Crippen LogP contribution in [0.1, 0.15) is 19.4 Å². The Labute approximate surface area is 145 Å². The molecule has 2 rings (SSSR count). The molecule has 0 aliphatic rings. The fourth-order valence-electron chi connectivity index (χ4n) is 2.04. The Kier molecular flexibility index (Phi) is 5.81. The minimum atomic E-state index is 0.381. The van der Waals surface area contributed by atoms with Crippen molar-refractivity contribution < 1.29 is 0 Å². The van der Waals surface area contributed by atoms with Gasteiger partial charge in [0.2, 0.25) is 0 Å². The average molecular weight is 363 g/mol. The molecule has 0 saturated carbocycles. The standard InChI is InChI=1S/C16H15Cl4N/c1-9(2)21-8-10-5-3-4-6-11(10)14-15(19)12(17)7-13(18)16(14)20/h3-7,9,21H,8H2,1-2H3. The van der Waals surface area contributed by atoms with E-state index < -0.39 is 0 Å². The third-order valence-corrected chi connectivity index (χ3v) is 4.67. The lowest BCUT2D eigenvalue weighted by Gasteiger charge is -2.16. The molecule has 0 unspecified atom stereocenters. The lowest BCUT2D eigenvalue weighted by molar-refractivity contribution is 0.589. The SMILES string of the molecule is CC(C)NCc1ccccc1-c1c(Cl)c(Cl)cc(Cl)c1Cl. The van der Waals surface area contributed by atoms with E-state index in [2.05, 4.69) is 19.2 Å². The third kappa shape index (κ3) is 3.85. The van der Waals surface area contributed by atoms with Gasteiger partial charge in [0.25, 0.3) is 0 Å². The molecule has 1 nitrogen and oxygen atoms in total. The zero-order valence-corrected chi connectivity index (χ0v) is 14.7. The average Bonchev–Trinajstić information content (AvgIpc) is 2.44. The molecule has 0 aromatic heterocycles. The van der Waals surface area contributed by atoms with Crippen LogP contribution < -0.4 is 5.32 Å². The number of rotatable bonds is 4. The van der Waals surface area contributed by atoms with Crippen LogP contribution in [0.2, 0.25) is 20.1 Å². The normalized spacial score (nSPS) is 11.2. The van der Waals surface area contributed by atoms with Gasteiger partial charge in [-0.2, -0.15) is 0 Å². The molecule has 1 N–H and O–H groups in total. The van der Waals surface area contributed by atoms with Crippen molar-refractivity contribution in [2.24, 2.45) is 0 Å². The number of nitrogens with one attached hydrogen (secondary N) is 1. The van der Waals surface area contributed by atoms with E-state index in [-0.39, 0.29) is 0 Å². The van der Waals surface area contributed by atoms with Crippen molar-refractivity contribution >= 4 is 46.4 Å². The van der Waals surface area contributed by atoms with Gasteiger partial charge in [0.05, 0.1) is 20.1 Å². The first-order chi connectivity index (χ1) is 9.91. The van der Waals surface area contributed by atoms with E-state index in [0.29, 0.717) is 38.2 Å². The Morgan fingerprint density at radius 2 is 1.52 bits per heavy atom. The smallest absolute Gasteiger partial charge is 0.0686 e. The van der Waals surface area contributed by atoms with Crippen LogP contribution in [-0.4, -0.2) is 6.04 Å². The summed E-state index contributed by atoms with van der Waals surface area (Å²) in [6, 6.07) is 9.87. The molecule has 0 atom stereocenters. The molecule has 112 valence electrons. The lowest BCUT2D eigenvalue weighted by Crippen LogP contribution is -2.22. The molecule has 5 heteroatoms. The van der Waals surface area contributed by atoms with E-state index in [1.807, 2.05) is 24.3 Å². The fraction of sp³-hybridized carbons (Fsp3) is 0.250. The van der Waals surface area contributed by atoms with Crippen molar-refractivity contribution in [3.63, 3.8) is 0 Å². The molecule has 0 heterocycles. The van der Waals surface area contributed by atoms with Crippen LogP contribution in [-0.2, 0) is 6.54 Å². The second-order valence-electron chi connectivity index (χ2n) is 5.04. The number of benzene rings is 2. The zero-order valence-electron chi connectivity index (χ0n) is 11.7. The quantitative estimate of drug-likeness (QED) is 0.615. The van der Waals surface area contributed by atoms with E-state index in [4.69, 9.17) is 46.4 Å². The van der Waals surface area contributed by atoms with Crippen molar-refractivity contribution in [1.29, 1.82) is 0 Å². The Morgan fingerprint density at radius 1 is 0.952 bits per heavy atom. The molecule has 0 spiro atoms. The largest absolute Gasteiger partial charge is 0.310 e. The summed E-state index contributed by atoms with van der Waals surface area (Å²) in [7, 11) is 0. The van der Waals surface area contributed by atoms with Gasteiger partial charge >= 0.3 is 0 Å². The summed E-state index contributed by atoms with van der Waals surface area (Å²) in [5.74, 6) is 0. The summed E-state index contributed by atoms with van der Waals surface area (Å²) < 4.78 is 0. The second kappa shape index (κ2) is 7.21. The number of hydrogen-bond donors (Lipinski definition) is 1. The van der Waals surface area contributed by atoms with Crippen LogP contribution in [0.3, 0.4) is 0 Å². The molecule has 21 heavy (non-hydrogen) atoms. The highest BCUT2D eigenvalue weighted by molar-refractivity contribution is 6.50. The molecule has 2 aromatic carbocycles. The van der Waals surface area contributed by atoms with Crippen molar-refractivity contribution in [2.45, 2.75) is 26.4 Å². The molecule has 0 aliphatic carbocycles. The summed E-state index contributed by atoms with van der Waals surface area (Å²) >= 11 is 24.9. The minimum absolute atomic E-state index is 0.381. The van der Waals surface area contributed by atoms with Crippen molar-refractivity contribution in [3.8, 4) is 11.1 Å². The van der Waals surface area contributed by atoms with Gasteiger partial charge in [-0.3, -0.25) is 0 Å². The van der Waals surface area contributed by atoms with Crippen LogP contribution in [0.5, 0.6) is 0 Å². The number of hydrogen-bond acceptors (Lipinski definition) is 1. The highest BCUT2D eigenvalue weighted by Crippen LogP contribution is 2.44. The van der Waals surface area contributed by atoms with Gasteiger partial charge < -0.3 is 5.32 Å². The van der Waals surface area contributed by atoms with Gasteiger partial charge in [0.1, 0.15) is 0 Å². The lowest BCUT2D eigenvalue weighted by atomic mass is 9.99. The van der Waals surface area contributed by atoms with Crippen LogP contribution in [0, 0.1) is 0 Å². The maximum Gasteiger partial charge on any atom is 0.0686 e. The Morgan fingerprint density at radius 3 is 2.10 bits per heavy atom. The van der Waals surface area contributed by atoms with Gasteiger partial charge in [0.15, 0.2) is 0 Å². The van der Waals surface area contributed by atoms with E-state index in [0.717, 1.165) is 11.1 Å². The second-order valence-corrected chi connectivity index (χ2v) is 6.61. The third-order valence-electron chi connectivity index (χ3n) is 3.10. The Balaban J connectivity index is 2.57. The van der Waals surface area contributed by atoms with Gasteiger partial charge in [-0.1, -0.05) is 84.5 Å². The van der Waals surface area contributed by atoms with Gasteiger partial charge in [-0.25, -0.2) is 0 Å². The summed E-state index contributed by atoms with van der Waals surface area (Å²) in [5, 5.41) is 5.02. The van der Waals surface area contributed by atoms with Crippen LogP contribution in [0.15, 0.2) is 30.3 Å². The molecule has 0 radical (unpaired) electrons. The molecule has 0 aliphatic heterocycles. The predicted octanol–water partition coefficient (Wildman–Crippen LogP) is 6.47. The van der Waals surface area contributed by atoms with Crippen molar-refractivity contribution in [2.75, 3.05) is 0 Å². The highest BCUT2D eigenvalue weighted by atomic mass is 35.5. The Hall–Kier alpha value is -0.440. The minimum Gasteiger partial charge on any atom is -0.310 e. The summed E-state index contributed by atoms with van der Waals surface area (Å²) in [5.41, 5.74) is 2.70. The molecule has 0 saturated heterocycles. The van der Waals surface area contributed by atoms with E-state index in [1.54, 1.807) is 6.07 Å². The first-order valence-corrected chi connectivity index (χ1v) is 8.07. The van der Waals surface area contributed by atoms with Crippen molar-refractivity contribution in [1.82, 2.24) is 5.32 Å². The van der Waals surface area contributed by atoms with E-state index in [1.165, 1.54) is 0 Å². The maximum absolute atomic E-state index is 6.34. The van der Waals surface area contributed by atoms with Crippen LogP contribution in [0.4, 0.5) is 0 Å². The monoisotopic (exact) mass is 361 g/mol. The summed E-state index contributed by atoms with van der Waals surface area (Å²) in [6.45, 7) is 4.91. The van der Waals surface area contributed by atoms with Gasteiger partial charge in [0, 0.05) is 18.2 Å². The molecule has 0 fully saturated rings.